The number of pyridine rings is 1. The molecule has 0 unspecified atom stereocenters. The Morgan fingerprint density at radius 1 is 0.682 bits per heavy atom. The Morgan fingerprint density at radius 3 is 2.20 bits per heavy atom. The molecule has 0 atom stereocenters. The van der Waals surface area contributed by atoms with E-state index < -0.39 is 0 Å². The molecule has 0 amide bonds. The topological polar surface area (TPSA) is 61.2 Å². The van der Waals surface area contributed by atoms with E-state index in [0.717, 1.165) is 38.4 Å². The van der Waals surface area contributed by atoms with Gasteiger partial charge in [-0.25, -0.2) is 4.98 Å². The van der Waals surface area contributed by atoms with Gasteiger partial charge in [-0.2, -0.15) is 0 Å². The van der Waals surface area contributed by atoms with Crippen molar-refractivity contribution < 1.29 is 8.83 Å². The van der Waals surface area contributed by atoms with Crippen molar-refractivity contribution in [1.82, 2.24) is 9.55 Å². The first kappa shape index (κ1) is 23.8. The summed E-state index contributed by atoms with van der Waals surface area (Å²) in [4.78, 5) is 18.7. The zero-order chi connectivity index (χ0) is 29.3. The molecule has 5 heteroatoms. The largest absolute Gasteiger partial charge is 0.456 e. The standard InChI is InChI=1S/C39H24N2O3/c1-39(2)26-15-7-3-11-21(26)32-33-22-12-4-8-16-27(22)41(36(33)34-23-13-5-9-17-28(23)44-38(34)35(32)39)31-19-25-30(20-40-31)43-29-18-10-6-14-24(29)37(25)42/h3-20H,1-2H3. The van der Waals surface area contributed by atoms with E-state index in [2.05, 4.69) is 79.1 Å². The molecular weight excluding hydrogens is 544 g/mol. The smallest absolute Gasteiger partial charge is 0.200 e. The molecular formula is C39H24N2O3. The van der Waals surface area contributed by atoms with Gasteiger partial charge in [0.15, 0.2) is 5.58 Å². The third-order valence-electron chi connectivity index (χ3n) is 9.61. The number of rotatable bonds is 1. The average Bonchev–Trinajstić information content (AvgIpc) is 3.67. The van der Waals surface area contributed by atoms with Crippen molar-refractivity contribution in [3.05, 3.63) is 131 Å². The minimum absolute atomic E-state index is 0.0678. The van der Waals surface area contributed by atoms with Crippen LogP contribution in [0.5, 0.6) is 0 Å². The van der Waals surface area contributed by atoms with Gasteiger partial charge >= 0.3 is 0 Å². The van der Waals surface area contributed by atoms with Crippen LogP contribution in [0.15, 0.2) is 123 Å². The van der Waals surface area contributed by atoms with E-state index in [1.807, 2.05) is 42.5 Å². The van der Waals surface area contributed by atoms with Gasteiger partial charge in [0, 0.05) is 27.1 Å². The second-order valence-corrected chi connectivity index (χ2v) is 12.3. The predicted molar refractivity (Wildman–Crippen MR) is 177 cm³/mol. The first-order chi connectivity index (χ1) is 21.5. The number of furan rings is 1. The van der Waals surface area contributed by atoms with Crippen LogP contribution in [0.1, 0.15) is 25.0 Å². The summed E-state index contributed by atoms with van der Waals surface area (Å²) in [6.45, 7) is 4.59. The summed E-state index contributed by atoms with van der Waals surface area (Å²) in [6.07, 6.45) is 1.68. The van der Waals surface area contributed by atoms with Gasteiger partial charge in [-0.15, -0.1) is 0 Å². The Labute approximate surface area is 250 Å². The molecule has 1 aliphatic rings. The molecule has 5 nitrogen and oxygen atoms in total. The van der Waals surface area contributed by atoms with Crippen molar-refractivity contribution >= 4 is 65.7 Å². The van der Waals surface area contributed by atoms with Crippen molar-refractivity contribution in [2.75, 3.05) is 0 Å². The molecule has 0 radical (unpaired) electrons. The third kappa shape index (κ3) is 2.80. The summed E-state index contributed by atoms with van der Waals surface area (Å²) in [5, 5.41) is 5.46. The maximum Gasteiger partial charge on any atom is 0.200 e. The first-order valence-electron chi connectivity index (χ1n) is 14.8. The Kier molecular flexibility index (Phi) is 4.35. The van der Waals surface area contributed by atoms with Gasteiger partial charge in [0.2, 0.25) is 5.43 Å². The highest BCUT2D eigenvalue weighted by atomic mass is 16.3. The lowest BCUT2D eigenvalue weighted by Gasteiger charge is -2.21. The van der Waals surface area contributed by atoms with Gasteiger partial charge in [-0.05, 0) is 47.0 Å². The molecule has 10 rings (SSSR count). The second-order valence-electron chi connectivity index (χ2n) is 12.3. The first-order valence-corrected chi connectivity index (χ1v) is 14.8. The number of aromatic nitrogens is 2. The SMILES string of the molecule is CC1(C)c2ccccc2-c2c1c1oc3ccccc3c1c1c2c2ccccc2n1-c1cc2c(=O)c3ccccc3oc2cn1. The highest BCUT2D eigenvalue weighted by molar-refractivity contribution is 6.30. The fraction of sp³-hybridized carbons (Fsp3) is 0.0769. The summed E-state index contributed by atoms with van der Waals surface area (Å²) >= 11 is 0. The van der Waals surface area contributed by atoms with Crippen LogP contribution in [-0.2, 0) is 5.41 Å². The van der Waals surface area contributed by atoms with Gasteiger partial charge in [0.05, 0.1) is 33.4 Å². The van der Waals surface area contributed by atoms with Crippen LogP contribution >= 0.6 is 0 Å². The number of hydrogen-bond acceptors (Lipinski definition) is 4. The molecule has 0 bridgehead atoms. The molecule has 0 saturated heterocycles. The van der Waals surface area contributed by atoms with Crippen molar-refractivity contribution in [1.29, 1.82) is 0 Å². The fourth-order valence-electron chi connectivity index (χ4n) is 7.73. The van der Waals surface area contributed by atoms with Crippen LogP contribution in [0.3, 0.4) is 0 Å². The summed E-state index contributed by atoms with van der Waals surface area (Å²) in [6, 6.07) is 34.7. The number of nitrogens with zero attached hydrogens (tertiary/aromatic N) is 2. The van der Waals surface area contributed by atoms with Crippen LogP contribution in [0.25, 0.3) is 82.6 Å². The van der Waals surface area contributed by atoms with Gasteiger partial charge in [0.25, 0.3) is 0 Å². The molecule has 4 heterocycles. The lowest BCUT2D eigenvalue weighted by atomic mass is 9.81. The Bertz CT molecular complexity index is 2780. The average molecular weight is 569 g/mol. The van der Waals surface area contributed by atoms with Crippen LogP contribution in [0.4, 0.5) is 0 Å². The van der Waals surface area contributed by atoms with Crippen molar-refractivity contribution in [3.63, 3.8) is 0 Å². The Morgan fingerprint density at radius 2 is 1.36 bits per heavy atom. The molecule has 0 fully saturated rings. The molecule has 44 heavy (non-hydrogen) atoms. The summed E-state index contributed by atoms with van der Waals surface area (Å²) in [5.74, 6) is 0.656. The van der Waals surface area contributed by atoms with E-state index in [1.54, 1.807) is 6.20 Å². The van der Waals surface area contributed by atoms with Crippen LogP contribution in [0.2, 0.25) is 0 Å². The maximum absolute atomic E-state index is 13.7. The third-order valence-corrected chi connectivity index (χ3v) is 9.61. The van der Waals surface area contributed by atoms with E-state index in [4.69, 9.17) is 13.8 Å². The Balaban J connectivity index is 1.46. The fourth-order valence-corrected chi connectivity index (χ4v) is 7.73. The highest BCUT2D eigenvalue weighted by Crippen LogP contribution is 2.57. The van der Waals surface area contributed by atoms with Crippen LogP contribution < -0.4 is 5.43 Å². The highest BCUT2D eigenvalue weighted by Gasteiger charge is 2.41. The molecule has 9 aromatic rings. The van der Waals surface area contributed by atoms with Crippen molar-refractivity contribution in [3.8, 4) is 16.9 Å². The van der Waals surface area contributed by atoms with E-state index in [-0.39, 0.29) is 10.8 Å². The quantitative estimate of drug-likeness (QED) is 0.185. The number of para-hydroxylation sites is 3. The lowest BCUT2D eigenvalue weighted by molar-refractivity contribution is 0.620. The lowest BCUT2D eigenvalue weighted by Crippen LogP contribution is -2.15. The molecule has 0 saturated carbocycles. The second kappa shape index (κ2) is 8.03. The number of benzene rings is 5. The monoisotopic (exact) mass is 568 g/mol. The minimum Gasteiger partial charge on any atom is -0.456 e. The Hall–Kier alpha value is -5.68. The zero-order valence-corrected chi connectivity index (χ0v) is 24.0. The summed E-state index contributed by atoms with van der Waals surface area (Å²) in [7, 11) is 0. The van der Waals surface area contributed by atoms with Crippen LogP contribution in [-0.4, -0.2) is 9.55 Å². The zero-order valence-electron chi connectivity index (χ0n) is 24.0. The molecule has 0 aliphatic heterocycles. The van der Waals surface area contributed by atoms with Gasteiger partial charge in [-0.3, -0.25) is 9.36 Å². The number of hydrogen-bond donors (Lipinski definition) is 0. The predicted octanol–water partition coefficient (Wildman–Crippen LogP) is 9.64. The van der Waals surface area contributed by atoms with Gasteiger partial charge < -0.3 is 8.83 Å². The van der Waals surface area contributed by atoms with Gasteiger partial charge in [0.1, 0.15) is 22.6 Å². The van der Waals surface area contributed by atoms with E-state index >= 15 is 0 Å². The molecule has 5 aromatic carbocycles. The van der Waals surface area contributed by atoms with E-state index in [1.165, 1.54) is 27.6 Å². The molecule has 1 aliphatic carbocycles. The van der Waals surface area contributed by atoms with Crippen molar-refractivity contribution in [2.45, 2.75) is 19.3 Å². The molecule has 4 aromatic heterocycles. The van der Waals surface area contributed by atoms with E-state index in [9.17, 15) is 4.79 Å². The normalized spacial score (nSPS) is 14.0. The van der Waals surface area contributed by atoms with Gasteiger partial charge in [-0.1, -0.05) is 86.6 Å². The summed E-state index contributed by atoms with van der Waals surface area (Å²) in [5.41, 5.74) is 9.38. The molecule has 208 valence electrons. The maximum atomic E-state index is 13.7. The summed E-state index contributed by atoms with van der Waals surface area (Å²) < 4.78 is 15.1. The number of fused-ring (bicyclic) bond motifs is 14. The van der Waals surface area contributed by atoms with Crippen LogP contribution in [0, 0.1) is 0 Å². The van der Waals surface area contributed by atoms with E-state index in [0.29, 0.717) is 27.8 Å². The van der Waals surface area contributed by atoms with Crippen molar-refractivity contribution in [2.24, 2.45) is 0 Å². The minimum atomic E-state index is -0.267. The molecule has 0 spiro atoms. The molecule has 0 N–H and O–H groups in total.